The van der Waals surface area contributed by atoms with Gasteiger partial charge in [-0.1, -0.05) is 6.92 Å². The van der Waals surface area contributed by atoms with Crippen molar-refractivity contribution in [1.29, 1.82) is 0 Å². The van der Waals surface area contributed by atoms with Gasteiger partial charge < -0.3 is 10.2 Å². The van der Waals surface area contributed by atoms with Crippen molar-refractivity contribution in [2.24, 2.45) is 0 Å². The van der Waals surface area contributed by atoms with Gasteiger partial charge in [-0.3, -0.25) is 4.68 Å². The van der Waals surface area contributed by atoms with Gasteiger partial charge in [-0.15, -0.1) is 0 Å². The highest BCUT2D eigenvalue weighted by Crippen LogP contribution is 2.41. The first-order chi connectivity index (χ1) is 8.72. The van der Waals surface area contributed by atoms with Crippen molar-refractivity contribution in [3.8, 4) is 0 Å². The Balaban J connectivity index is 2.00. The van der Waals surface area contributed by atoms with Crippen LogP contribution in [-0.2, 0) is 13.1 Å². The van der Waals surface area contributed by atoms with Gasteiger partial charge in [-0.05, 0) is 39.9 Å². The zero-order valence-corrected chi connectivity index (χ0v) is 11.9. The summed E-state index contributed by atoms with van der Waals surface area (Å²) in [6.07, 6.45) is 5.93. The minimum atomic E-state index is 0.771. The Labute approximate surface area is 110 Å². The van der Waals surface area contributed by atoms with E-state index in [2.05, 4.69) is 47.2 Å². The van der Waals surface area contributed by atoms with Crippen LogP contribution in [0.15, 0.2) is 6.20 Å². The summed E-state index contributed by atoms with van der Waals surface area (Å²) in [4.78, 5) is 2.22. The maximum atomic E-state index is 4.58. The molecule has 2 rings (SSSR count). The summed E-state index contributed by atoms with van der Waals surface area (Å²) in [5.41, 5.74) is 2.89. The molecule has 0 bridgehead atoms. The van der Waals surface area contributed by atoms with Gasteiger partial charge in [-0.2, -0.15) is 5.10 Å². The third-order valence-corrected chi connectivity index (χ3v) is 3.43. The molecule has 0 spiro atoms. The van der Waals surface area contributed by atoms with Crippen LogP contribution >= 0.6 is 0 Å². The lowest BCUT2D eigenvalue weighted by molar-refractivity contribution is 0.369. The predicted octanol–water partition coefficient (Wildman–Crippen LogP) is 1.82. The fourth-order valence-corrected chi connectivity index (χ4v) is 2.27. The molecule has 102 valence electrons. The van der Waals surface area contributed by atoms with Gasteiger partial charge >= 0.3 is 0 Å². The van der Waals surface area contributed by atoms with Crippen LogP contribution < -0.4 is 5.32 Å². The molecule has 4 nitrogen and oxygen atoms in total. The second kappa shape index (κ2) is 6.34. The van der Waals surface area contributed by atoms with Crippen molar-refractivity contribution in [2.75, 3.05) is 27.2 Å². The van der Waals surface area contributed by atoms with E-state index in [-0.39, 0.29) is 0 Å². The highest BCUT2D eigenvalue weighted by atomic mass is 15.3. The Bertz CT molecular complexity index is 366. The first-order valence-corrected chi connectivity index (χ1v) is 7.12. The predicted molar refractivity (Wildman–Crippen MR) is 74.8 cm³/mol. The lowest BCUT2D eigenvalue weighted by Gasteiger charge is -2.13. The summed E-state index contributed by atoms with van der Waals surface area (Å²) in [7, 11) is 4.23. The van der Waals surface area contributed by atoms with Crippen molar-refractivity contribution < 1.29 is 0 Å². The quantitative estimate of drug-likeness (QED) is 0.715. The van der Waals surface area contributed by atoms with Gasteiger partial charge in [0.05, 0.1) is 12.7 Å². The second-order valence-electron chi connectivity index (χ2n) is 5.53. The van der Waals surface area contributed by atoms with Crippen LogP contribution in [-0.4, -0.2) is 41.9 Å². The summed E-state index contributed by atoms with van der Waals surface area (Å²) >= 11 is 0. The van der Waals surface area contributed by atoms with E-state index in [1.54, 1.807) is 0 Å². The molecule has 0 saturated heterocycles. The maximum Gasteiger partial charge on any atom is 0.0539 e. The number of hydrogen-bond donors (Lipinski definition) is 1. The molecule has 18 heavy (non-hydrogen) atoms. The van der Waals surface area contributed by atoms with Crippen LogP contribution in [0.4, 0.5) is 0 Å². The fraction of sp³-hybridized carbons (Fsp3) is 0.786. The largest absolute Gasteiger partial charge is 0.313 e. The summed E-state index contributed by atoms with van der Waals surface area (Å²) in [6.45, 7) is 6.33. The number of likely N-dealkylation sites (N-methyl/N-ethyl adjacent to an activating group) is 1. The third-order valence-electron chi connectivity index (χ3n) is 3.43. The molecule has 1 N–H and O–H groups in total. The average molecular weight is 250 g/mol. The lowest BCUT2D eigenvalue weighted by atomic mass is 10.1. The van der Waals surface area contributed by atoms with Gasteiger partial charge in [0.25, 0.3) is 0 Å². The van der Waals surface area contributed by atoms with Crippen molar-refractivity contribution in [3.05, 3.63) is 17.5 Å². The van der Waals surface area contributed by atoms with Crippen molar-refractivity contribution in [1.82, 2.24) is 20.0 Å². The van der Waals surface area contributed by atoms with E-state index < -0.39 is 0 Å². The van der Waals surface area contributed by atoms with Gasteiger partial charge in [0.15, 0.2) is 0 Å². The number of aromatic nitrogens is 2. The molecule has 1 fully saturated rings. The highest BCUT2D eigenvalue weighted by Gasteiger charge is 2.29. The first-order valence-electron chi connectivity index (χ1n) is 7.12. The van der Waals surface area contributed by atoms with Gasteiger partial charge in [0.2, 0.25) is 0 Å². The maximum absolute atomic E-state index is 4.58. The van der Waals surface area contributed by atoms with Crippen molar-refractivity contribution in [3.63, 3.8) is 0 Å². The number of nitrogens with one attached hydrogen (secondary N) is 1. The van der Waals surface area contributed by atoms with Crippen LogP contribution in [0.2, 0.25) is 0 Å². The minimum absolute atomic E-state index is 0.771. The zero-order chi connectivity index (χ0) is 13.0. The summed E-state index contributed by atoms with van der Waals surface area (Å²) < 4.78 is 2.22. The smallest absolute Gasteiger partial charge is 0.0539 e. The third kappa shape index (κ3) is 3.56. The fourth-order valence-electron chi connectivity index (χ4n) is 2.27. The van der Waals surface area contributed by atoms with Crippen molar-refractivity contribution >= 4 is 0 Å². The molecule has 0 atom stereocenters. The summed E-state index contributed by atoms with van der Waals surface area (Å²) in [5.74, 6) is 0.771. The molecule has 0 amide bonds. The van der Waals surface area contributed by atoms with E-state index in [1.807, 2.05) is 0 Å². The minimum Gasteiger partial charge on any atom is -0.313 e. The molecule has 0 aromatic carbocycles. The molecule has 0 radical (unpaired) electrons. The molecular formula is C14H26N4. The van der Waals surface area contributed by atoms with Gasteiger partial charge in [-0.25, -0.2) is 0 Å². The van der Waals surface area contributed by atoms with Crippen LogP contribution in [0.3, 0.4) is 0 Å². The molecular weight excluding hydrogens is 224 g/mol. The molecule has 1 saturated carbocycles. The lowest BCUT2D eigenvalue weighted by Crippen LogP contribution is -2.20. The van der Waals surface area contributed by atoms with Crippen molar-refractivity contribution in [2.45, 2.75) is 45.2 Å². The van der Waals surface area contributed by atoms with Crippen LogP contribution in [0.5, 0.6) is 0 Å². The molecule has 1 aliphatic carbocycles. The average Bonchev–Trinajstić information content (AvgIpc) is 3.09. The van der Waals surface area contributed by atoms with Crippen LogP contribution in [0.1, 0.15) is 43.4 Å². The van der Waals surface area contributed by atoms with Crippen LogP contribution in [0, 0.1) is 0 Å². The first kappa shape index (κ1) is 13.6. The van der Waals surface area contributed by atoms with E-state index in [1.165, 1.54) is 30.5 Å². The normalized spacial score (nSPS) is 15.6. The zero-order valence-electron chi connectivity index (χ0n) is 11.9. The standard InChI is InChI=1S/C14H26N4/c1-4-7-15-10-13-11-16-18(9-8-17(2)3)14(13)12-5-6-12/h11-12,15H,4-10H2,1-3H3. The van der Waals surface area contributed by atoms with E-state index >= 15 is 0 Å². The topological polar surface area (TPSA) is 33.1 Å². The Morgan fingerprint density at radius 3 is 2.83 bits per heavy atom. The molecule has 0 aliphatic heterocycles. The molecule has 1 aromatic heterocycles. The van der Waals surface area contributed by atoms with E-state index in [0.29, 0.717) is 0 Å². The Morgan fingerprint density at radius 2 is 2.22 bits per heavy atom. The van der Waals surface area contributed by atoms with E-state index in [9.17, 15) is 0 Å². The molecule has 1 aliphatic rings. The molecule has 0 unspecified atom stereocenters. The van der Waals surface area contributed by atoms with E-state index in [4.69, 9.17) is 0 Å². The second-order valence-corrected chi connectivity index (χ2v) is 5.53. The molecule has 4 heteroatoms. The molecule has 1 aromatic rings. The van der Waals surface area contributed by atoms with Gasteiger partial charge in [0.1, 0.15) is 0 Å². The Hall–Kier alpha value is -0.870. The number of nitrogens with zero attached hydrogens (tertiary/aromatic N) is 3. The Morgan fingerprint density at radius 1 is 1.44 bits per heavy atom. The highest BCUT2D eigenvalue weighted by molar-refractivity contribution is 5.25. The SMILES string of the molecule is CCCNCc1cnn(CCN(C)C)c1C1CC1. The summed E-state index contributed by atoms with van der Waals surface area (Å²) in [5, 5.41) is 8.07. The van der Waals surface area contributed by atoms with Gasteiger partial charge in [0, 0.05) is 30.3 Å². The summed E-state index contributed by atoms with van der Waals surface area (Å²) in [6, 6.07) is 0. The Kier molecular flexibility index (Phi) is 4.78. The number of rotatable bonds is 8. The number of hydrogen-bond acceptors (Lipinski definition) is 3. The van der Waals surface area contributed by atoms with Crippen LogP contribution in [0.25, 0.3) is 0 Å². The van der Waals surface area contributed by atoms with E-state index in [0.717, 1.165) is 32.1 Å². The molecule has 1 heterocycles. The monoisotopic (exact) mass is 250 g/mol.